The molecule has 1 aliphatic carbocycles. The van der Waals surface area contributed by atoms with Crippen molar-refractivity contribution in [1.29, 1.82) is 0 Å². The minimum absolute atomic E-state index is 0.0236. The average molecular weight is 442 g/mol. The van der Waals surface area contributed by atoms with E-state index in [-0.39, 0.29) is 55.0 Å². The number of rotatable bonds is 9. The quantitative estimate of drug-likeness (QED) is 0.466. The Morgan fingerprint density at radius 3 is 2.25 bits per heavy atom. The molecule has 1 saturated heterocycles. The van der Waals surface area contributed by atoms with E-state index < -0.39 is 6.04 Å². The molecule has 0 unspecified atom stereocenters. The summed E-state index contributed by atoms with van der Waals surface area (Å²) in [5.41, 5.74) is 0.848. The van der Waals surface area contributed by atoms with Crippen molar-refractivity contribution in [3.8, 4) is 5.75 Å². The molecular weight excluding hydrogens is 410 g/mol. The van der Waals surface area contributed by atoms with Crippen molar-refractivity contribution in [2.75, 3.05) is 20.2 Å². The van der Waals surface area contributed by atoms with E-state index in [0.29, 0.717) is 25.1 Å². The average Bonchev–Trinajstić information content (AvgIpc) is 3.05. The van der Waals surface area contributed by atoms with Crippen LogP contribution in [0.5, 0.6) is 5.75 Å². The standard InChI is InChI=1S/C24H31N3O5/c1-4-25-22(29)16(2)27(15-17-9-11-18(32-3)12-10-17)21(28)13-14-26-23(30)19-7-5-6-8-20(19)24(26)31/h5-6,9-12,16,19-20H,4,7-8,13-15H2,1-3H3,(H,25,29)/t16-,19-,20+/m0/s1. The van der Waals surface area contributed by atoms with Gasteiger partial charge in [-0.3, -0.25) is 24.1 Å². The van der Waals surface area contributed by atoms with Crippen LogP contribution in [0.4, 0.5) is 0 Å². The third-order valence-corrected chi connectivity index (χ3v) is 6.18. The van der Waals surface area contributed by atoms with E-state index in [1.807, 2.05) is 31.2 Å². The number of hydrogen-bond acceptors (Lipinski definition) is 5. The molecule has 0 spiro atoms. The summed E-state index contributed by atoms with van der Waals surface area (Å²) in [6, 6.07) is 6.59. The fourth-order valence-corrected chi connectivity index (χ4v) is 4.27. The summed E-state index contributed by atoms with van der Waals surface area (Å²) in [6.45, 7) is 4.22. The van der Waals surface area contributed by atoms with Gasteiger partial charge in [0, 0.05) is 26.1 Å². The highest BCUT2D eigenvalue weighted by Crippen LogP contribution is 2.35. The number of fused-ring (bicyclic) bond motifs is 1. The minimum Gasteiger partial charge on any atom is -0.497 e. The van der Waals surface area contributed by atoms with Crippen LogP contribution in [0.25, 0.3) is 0 Å². The summed E-state index contributed by atoms with van der Waals surface area (Å²) in [7, 11) is 1.58. The predicted octanol–water partition coefficient (Wildman–Crippen LogP) is 1.89. The molecule has 172 valence electrons. The molecule has 1 aromatic rings. The highest BCUT2D eigenvalue weighted by molar-refractivity contribution is 6.05. The first-order valence-electron chi connectivity index (χ1n) is 11.1. The lowest BCUT2D eigenvalue weighted by molar-refractivity contribution is -0.143. The molecule has 8 heteroatoms. The number of likely N-dealkylation sites (N-methyl/N-ethyl adjacent to an activating group) is 1. The summed E-state index contributed by atoms with van der Waals surface area (Å²) < 4.78 is 5.18. The highest BCUT2D eigenvalue weighted by Gasteiger charge is 2.47. The number of nitrogens with one attached hydrogen (secondary N) is 1. The molecule has 1 N–H and O–H groups in total. The van der Waals surface area contributed by atoms with Gasteiger partial charge in [0.1, 0.15) is 11.8 Å². The van der Waals surface area contributed by atoms with Crippen LogP contribution in [0.1, 0.15) is 38.7 Å². The van der Waals surface area contributed by atoms with Crippen LogP contribution in [-0.4, -0.2) is 59.7 Å². The van der Waals surface area contributed by atoms with Crippen LogP contribution in [0.3, 0.4) is 0 Å². The van der Waals surface area contributed by atoms with Crippen LogP contribution in [0, 0.1) is 11.8 Å². The van der Waals surface area contributed by atoms with Crippen LogP contribution >= 0.6 is 0 Å². The maximum Gasteiger partial charge on any atom is 0.242 e. The first-order valence-corrected chi connectivity index (χ1v) is 11.1. The van der Waals surface area contributed by atoms with Gasteiger partial charge >= 0.3 is 0 Å². The van der Waals surface area contributed by atoms with Crippen LogP contribution < -0.4 is 10.1 Å². The highest BCUT2D eigenvalue weighted by atomic mass is 16.5. The lowest BCUT2D eigenvalue weighted by Crippen LogP contribution is -2.48. The second-order valence-electron chi connectivity index (χ2n) is 8.17. The van der Waals surface area contributed by atoms with E-state index in [0.717, 1.165) is 5.56 Å². The summed E-state index contributed by atoms with van der Waals surface area (Å²) in [5, 5.41) is 2.75. The first-order chi connectivity index (χ1) is 15.4. The van der Waals surface area contributed by atoms with Gasteiger partial charge in [-0.1, -0.05) is 24.3 Å². The summed E-state index contributed by atoms with van der Waals surface area (Å²) in [5.74, 6) is -0.857. The Morgan fingerprint density at radius 1 is 1.12 bits per heavy atom. The molecule has 2 aliphatic rings. The number of nitrogens with zero attached hydrogens (tertiary/aromatic N) is 2. The number of carbonyl (C=O) groups is 4. The maximum atomic E-state index is 13.2. The van der Waals surface area contributed by atoms with E-state index in [9.17, 15) is 19.2 Å². The Balaban J connectivity index is 1.70. The normalized spacial score (nSPS) is 20.7. The van der Waals surface area contributed by atoms with Gasteiger partial charge in [0.05, 0.1) is 18.9 Å². The number of amides is 4. The van der Waals surface area contributed by atoms with Crippen molar-refractivity contribution in [3.05, 3.63) is 42.0 Å². The number of imide groups is 1. The Morgan fingerprint density at radius 2 is 1.72 bits per heavy atom. The number of carbonyl (C=O) groups excluding carboxylic acids is 4. The third kappa shape index (κ3) is 5.00. The number of hydrogen-bond donors (Lipinski definition) is 1. The topological polar surface area (TPSA) is 96.0 Å². The lowest BCUT2D eigenvalue weighted by atomic mass is 9.85. The third-order valence-electron chi connectivity index (χ3n) is 6.18. The lowest BCUT2D eigenvalue weighted by Gasteiger charge is -2.29. The Labute approximate surface area is 188 Å². The van der Waals surface area contributed by atoms with Gasteiger partial charge in [-0.25, -0.2) is 0 Å². The molecule has 0 radical (unpaired) electrons. The van der Waals surface area contributed by atoms with E-state index in [1.165, 1.54) is 9.80 Å². The molecule has 1 aromatic carbocycles. The van der Waals surface area contributed by atoms with Crippen molar-refractivity contribution in [2.45, 2.75) is 45.7 Å². The number of ether oxygens (including phenoxy) is 1. The molecule has 1 aliphatic heterocycles. The van der Waals surface area contributed by atoms with Gasteiger partial charge in [0.25, 0.3) is 0 Å². The zero-order valence-electron chi connectivity index (χ0n) is 18.9. The minimum atomic E-state index is -0.693. The fourth-order valence-electron chi connectivity index (χ4n) is 4.27. The fraction of sp³-hybridized carbons (Fsp3) is 0.500. The number of likely N-dealkylation sites (tertiary alicyclic amines) is 1. The molecule has 4 amide bonds. The van der Waals surface area contributed by atoms with Crippen molar-refractivity contribution in [2.24, 2.45) is 11.8 Å². The molecular formula is C24H31N3O5. The molecule has 1 fully saturated rings. The van der Waals surface area contributed by atoms with Crippen LogP contribution in [0.15, 0.2) is 36.4 Å². The van der Waals surface area contributed by atoms with E-state index >= 15 is 0 Å². The smallest absolute Gasteiger partial charge is 0.242 e. The zero-order valence-corrected chi connectivity index (χ0v) is 18.9. The predicted molar refractivity (Wildman–Crippen MR) is 118 cm³/mol. The SMILES string of the molecule is CCNC(=O)[C@H](C)N(Cc1ccc(OC)cc1)C(=O)CCN1C(=O)[C@H]2CC=CC[C@H]2C1=O. The summed E-state index contributed by atoms with van der Waals surface area (Å²) >= 11 is 0. The Hall–Kier alpha value is -3.16. The van der Waals surface area contributed by atoms with Crippen LogP contribution in [-0.2, 0) is 25.7 Å². The molecule has 0 bridgehead atoms. The monoisotopic (exact) mass is 441 g/mol. The molecule has 3 atom stereocenters. The second-order valence-corrected chi connectivity index (χ2v) is 8.17. The maximum absolute atomic E-state index is 13.2. The largest absolute Gasteiger partial charge is 0.497 e. The van der Waals surface area contributed by atoms with Crippen molar-refractivity contribution < 1.29 is 23.9 Å². The van der Waals surface area contributed by atoms with Gasteiger partial charge in [-0.2, -0.15) is 0 Å². The van der Waals surface area contributed by atoms with Crippen molar-refractivity contribution >= 4 is 23.6 Å². The molecule has 8 nitrogen and oxygen atoms in total. The number of benzene rings is 1. The molecule has 1 heterocycles. The second kappa shape index (κ2) is 10.4. The van der Waals surface area contributed by atoms with Gasteiger partial charge in [-0.15, -0.1) is 0 Å². The first kappa shape index (κ1) is 23.5. The molecule has 3 rings (SSSR count). The zero-order chi connectivity index (χ0) is 23.3. The number of allylic oxidation sites excluding steroid dienone is 2. The van der Waals surface area contributed by atoms with Gasteiger partial charge in [0.2, 0.25) is 23.6 Å². The van der Waals surface area contributed by atoms with Crippen molar-refractivity contribution in [1.82, 2.24) is 15.1 Å². The summed E-state index contributed by atoms with van der Waals surface area (Å²) in [4.78, 5) is 53.7. The Bertz CT molecular complexity index is 869. The summed E-state index contributed by atoms with van der Waals surface area (Å²) in [6.07, 6.45) is 4.98. The van der Waals surface area contributed by atoms with Crippen LogP contribution in [0.2, 0.25) is 0 Å². The molecule has 32 heavy (non-hydrogen) atoms. The Kier molecular flexibility index (Phi) is 7.66. The molecule has 0 saturated carbocycles. The van der Waals surface area contributed by atoms with E-state index in [2.05, 4.69) is 5.32 Å². The van der Waals surface area contributed by atoms with Gasteiger partial charge in [-0.05, 0) is 44.4 Å². The van der Waals surface area contributed by atoms with E-state index in [1.54, 1.807) is 26.2 Å². The number of methoxy groups -OCH3 is 1. The van der Waals surface area contributed by atoms with Crippen molar-refractivity contribution in [3.63, 3.8) is 0 Å². The van der Waals surface area contributed by atoms with Gasteiger partial charge in [0.15, 0.2) is 0 Å². The van der Waals surface area contributed by atoms with Gasteiger partial charge < -0.3 is 15.0 Å². The molecule has 0 aromatic heterocycles. The van der Waals surface area contributed by atoms with E-state index in [4.69, 9.17) is 4.74 Å².